The Morgan fingerprint density at radius 3 is 1.64 bits per heavy atom. The summed E-state index contributed by atoms with van der Waals surface area (Å²) in [5.74, 6) is 0.202. The molecule has 0 aliphatic carbocycles. The minimum absolute atomic E-state index is 0.202. The Morgan fingerprint density at radius 1 is 0.818 bits per heavy atom. The van der Waals surface area contributed by atoms with Gasteiger partial charge < -0.3 is 5.32 Å². The smallest absolute Gasteiger partial charge is 0.220 e. The Morgan fingerprint density at radius 2 is 1.23 bits per heavy atom. The summed E-state index contributed by atoms with van der Waals surface area (Å²) in [7, 11) is 0. The van der Waals surface area contributed by atoms with Gasteiger partial charge in [0.25, 0.3) is 0 Å². The Labute approximate surface area is 139 Å². The highest BCUT2D eigenvalue weighted by molar-refractivity contribution is 5.76. The summed E-state index contributed by atoms with van der Waals surface area (Å²) < 4.78 is 0. The fourth-order valence-electron chi connectivity index (χ4n) is 2.71. The molecule has 1 unspecified atom stereocenters. The number of unbranched alkanes of at least 4 members (excludes halogenated alkanes) is 12. The van der Waals surface area contributed by atoms with Crippen LogP contribution in [0.3, 0.4) is 0 Å². The molecular weight excluding hydrogens is 270 g/mol. The van der Waals surface area contributed by atoms with Crippen LogP contribution >= 0.6 is 0 Å². The van der Waals surface area contributed by atoms with Gasteiger partial charge in [0.1, 0.15) is 0 Å². The van der Waals surface area contributed by atoms with Gasteiger partial charge in [-0.3, -0.25) is 4.79 Å². The van der Waals surface area contributed by atoms with Crippen LogP contribution in [0.2, 0.25) is 0 Å². The van der Waals surface area contributed by atoms with Gasteiger partial charge in [-0.2, -0.15) is 0 Å². The lowest BCUT2D eigenvalue weighted by Gasteiger charge is -2.10. The summed E-state index contributed by atoms with van der Waals surface area (Å²) in [5.41, 5.74) is 0. The minimum atomic E-state index is 0.202. The molecule has 22 heavy (non-hydrogen) atoms. The molecule has 0 saturated heterocycles. The molecule has 0 saturated carbocycles. The van der Waals surface area contributed by atoms with Gasteiger partial charge >= 0.3 is 0 Å². The van der Waals surface area contributed by atoms with Crippen LogP contribution in [0.5, 0.6) is 0 Å². The molecule has 1 N–H and O–H groups in total. The standard InChI is InChI=1S/C20H40NO/c1-4-6-7-8-9-10-11-12-13-14-15-16-17-18-20(22)21-19(3)5-2/h5,19H,4,6-18H2,1-3H3,(H,21,22). The number of hydrogen-bond acceptors (Lipinski definition) is 1. The zero-order valence-electron chi connectivity index (χ0n) is 15.5. The van der Waals surface area contributed by atoms with Crippen LogP contribution in [-0.2, 0) is 4.79 Å². The molecule has 1 radical (unpaired) electrons. The van der Waals surface area contributed by atoms with Gasteiger partial charge in [-0.1, -0.05) is 90.9 Å². The molecule has 131 valence electrons. The molecule has 0 aliphatic rings. The van der Waals surface area contributed by atoms with Crippen molar-refractivity contribution >= 4 is 5.91 Å². The molecule has 0 aromatic heterocycles. The molecule has 1 amide bonds. The Hall–Kier alpha value is -0.530. The third-order valence-electron chi connectivity index (χ3n) is 4.40. The lowest BCUT2D eigenvalue weighted by Crippen LogP contribution is -2.31. The van der Waals surface area contributed by atoms with E-state index in [0.717, 1.165) is 6.42 Å². The number of amides is 1. The maximum atomic E-state index is 11.6. The predicted octanol–water partition coefficient (Wildman–Crippen LogP) is 6.20. The normalized spacial score (nSPS) is 12.3. The van der Waals surface area contributed by atoms with Crippen molar-refractivity contribution < 1.29 is 4.79 Å². The summed E-state index contributed by atoms with van der Waals surface area (Å²) in [6.07, 6.45) is 20.3. The maximum Gasteiger partial charge on any atom is 0.220 e. The second kappa shape index (κ2) is 16.8. The van der Waals surface area contributed by atoms with Crippen molar-refractivity contribution in [3.63, 3.8) is 0 Å². The second-order valence-corrected chi connectivity index (χ2v) is 6.68. The highest BCUT2D eigenvalue weighted by atomic mass is 16.1. The summed E-state index contributed by atoms with van der Waals surface area (Å²) in [6.45, 7) is 6.27. The molecule has 2 heteroatoms. The van der Waals surface area contributed by atoms with Gasteiger partial charge in [-0.15, -0.1) is 0 Å². The molecule has 0 aromatic rings. The SMILES string of the molecule is C[CH]C(C)NC(=O)CCCCCCCCCCCCCCC. The van der Waals surface area contributed by atoms with Crippen LogP contribution in [0.4, 0.5) is 0 Å². The summed E-state index contributed by atoms with van der Waals surface area (Å²) >= 11 is 0. The van der Waals surface area contributed by atoms with Crippen molar-refractivity contribution in [2.45, 2.75) is 117 Å². The van der Waals surface area contributed by atoms with E-state index in [4.69, 9.17) is 0 Å². The van der Waals surface area contributed by atoms with E-state index in [1.807, 2.05) is 20.3 Å². The monoisotopic (exact) mass is 310 g/mol. The van der Waals surface area contributed by atoms with Crippen molar-refractivity contribution in [2.24, 2.45) is 0 Å². The van der Waals surface area contributed by atoms with E-state index < -0.39 is 0 Å². The Balaban J connectivity index is 3.12. The molecule has 2 nitrogen and oxygen atoms in total. The van der Waals surface area contributed by atoms with E-state index in [9.17, 15) is 4.79 Å². The van der Waals surface area contributed by atoms with Gasteiger partial charge in [-0.05, 0) is 19.8 Å². The number of carbonyl (C=O) groups is 1. The lowest BCUT2D eigenvalue weighted by atomic mass is 10.0. The lowest BCUT2D eigenvalue weighted by molar-refractivity contribution is -0.121. The van der Waals surface area contributed by atoms with Gasteiger partial charge in [0.2, 0.25) is 5.91 Å². The topological polar surface area (TPSA) is 29.1 Å². The molecule has 0 heterocycles. The fourth-order valence-corrected chi connectivity index (χ4v) is 2.71. The molecule has 1 atom stereocenters. The molecule has 0 aliphatic heterocycles. The van der Waals surface area contributed by atoms with E-state index in [0.29, 0.717) is 6.42 Å². The minimum Gasteiger partial charge on any atom is -0.353 e. The number of carbonyl (C=O) groups excluding carboxylic acids is 1. The number of nitrogens with one attached hydrogen (secondary N) is 1. The highest BCUT2D eigenvalue weighted by Crippen LogP contribution is 2.12. The quantitative estimate of drug-likeness (QED) is 0.338. The van der Waals surface area contributed by atoms with Crippen LogP contribution in [0.25, 0.3) is 0 Å². The second-order valence-electron chi connectivity index (χ2n) is 6.68. The molecular formula is C20H40NO. The van der Waals surface area contributed by atoms with E-state index in [1.165, 1.54) is 77.0 Å². The van der Waals surface area contributed by atoms with Gasteiger partial charge in [-0.25, -0.2) is 0 Å². The zero-order valence-corrected chi connectivity index (χ0v) is 15.5. The van der Waals surface area contributed by atoms with Crippen LogP contribution in [-0.4, -0.2) is 11.9 Å². The summed E-state index contributed by atoms with van der Waals surface area (Å²) in [4.78, 5) is 11.6. The number of hydrogen-bond donors (Lipinski definition) is 1. The highest BCUT2D eigenvalue weighted by Gasteiger charge is 2.04. The van der Waals surface area contributed by atoms with Crippen LogP contribution < -0.4 is 5.32 Å². The summed E-state index contributed by atoms with van der Waals surface area (Å²) in [5, 5.41) is 2.98. The van der Waals surface area contributed by atoms with Crippen LogP contribution in [0.1, 0.15) is 111 Å². The van der Waals surface area contributed by atoms with Crippen molar-refractivity contribution in [3.05, 3.63) is 6.42 Å². The molecule has 0 spiro atoms. The van der Waals surface area contributed by atoms with Gasteiger partial charge in [0, 0.05) is 12.5 Å². The first kappa shape index (κ1) is 21.5. The Bertz CT molecular complexity index is 240. The molecule has 0 rings (SSSR count). The van der Waals surface area contributed by atoms with E-state index in [2.05, 4.69) is 12.2 Å². The first-order valence-corrected chi connectivity index (χ1v) is 9.79. The van der Waals surface area contributed by atoms with Gasteiger partial charge in [0.05, 0.1) is 0 Å². The fraction of sp³-hybridized carbons (Fsp3) is 0.900. The zero-order chi connectivity index (χ0) is 16.5. The number of rotatable bonds is 16. The third kappa shape index (κ3) is 15.9. The first-order chi connectivity index (χ1) is 10.7. The molecule has 0 aromatic carbocycles. The largest absolute Gasteiger partial charge is 0.353 e. The average molecular weight is 311 g/mol. The van der Waals surface area contributed by atoms with Crippen LogP contribution in [0.15, 0.2) is 0 Å². The molecule has 0 bridgehead atoms. The first-order valence-electron chi connectivity index (χ1n) is 9.79. The van der Waals surface area contributed by atoms with E-state index >= 15 is 0 Å². The average Bonchev–Trinajstić information content (AvgIpc) is 2.51. The van der Waals surface area contributed by atoms with Crippen molar-refractivity contribution in [3.8, 4) is 0 Å². The van der Waals surface area contributed by atoms with E-state index in [1.54, 1.807) is 0 Å². The van der Waals surface area contributed by atoms with E-state index in [-0.39, 0.29) is 11.9 Å². The molecule has 0 fully saturated rings. The van der Waals surface area contributed by atoms with Crippen molar-refractivity contribution in [1.29, 1.82) is 0 Å². The third-order valence-corrected chi connectivity index (χ3v) is 4.40. The van der Waals surface area contributed by atoms with Crippen molar-refractivity contribution in [1.82, 2.24) is 5.32 Å². The maximum absolute atomic E-state index is 11.6. The van der Waals surface area contributed by atoms with Crippen LogP contribution in [0, 0.1) is 6.42 Å². The Kier molecular flexibility index (Phi) is 16.4. The van der Waals surface area contributed by atoms with Gasteiger partial charge in [0.15, 0.2) is 0 Å². The van der Waals surface area contributed by atoms with Crippen molar-refractivity contribution in [2.75, 3.05) is 0 Å². The summed E-state index contributed by atoms with van der Waals surface area (Å²) in [6, 6.07) is 0.203. The predicted molar refractivity (Wildman–Crippen MR) is 97.9 cm³/mol.